The molecule has 1 saturated heterocycles. The second-order valence-electron chi connectivity index (χ2n) is 5.33. The Balaban J connectivity index is 2.31. The fourth-order valence-electron chi connectivity index (χ4n) is 2.77. The smallest absolute Gasteiger partial charge is 0.0656 e. The third-order valence-corrected chi connectivity index (χ3v) is 4.09. The predicted molar refractivity (Wildman–Crippen MR) is 75.8 cm³/mol. The first kappa shape index (κ1) is 12.6. The van der Waals surface area contributed by atoms with Crippen molar-refractivity contribution in [3.63, 3.8) is 0 Å². The SMILES string of the molecule is Cc1cc(N)c(Cl)cc1N1CCC(C)CC1C. The van der Waals surface area contributed by atoms with Crippen LogP contribution in [0.5, 0.6) is 0 Å². The largest absolute Gasteiger partial charge is 0.398 e. The number of nitrogens with two attached hydrogens (primary N) is 1. The van der Waals surface area contributed by atoms with Gasteiger partial charge in [-0.25, -0.2) is 0 Å². The van der Waals surface area contributed by atoms with E-state index in [0.717, 1.165) is 12.5 Å². The summed E-state index contributed by atoms with van der Waals surface area (Å²) in [6.45, 7) is 7.84. The summed E-state index contributed by atoms with van der Waals surface area (Å²) < 4.78 is 0. The molecule has 1 aliphatic rings. The minimum Gasteiger partial charge on any atom is -0.398 e. The van der Waals surface area contributed by atoms with Gasteiger partial charge in [-0.05, 0) is 50.3 Å². The number of halogens is 1. The van der Waals surface area contributed by atoms with Crippen molar-refractivity contribution < 1.29 is 0 Å². The minimum atomic E-state index is 0.581. The van der Waals surface area contributed by atoms with Crippen molar-refractivity contribution in [2.75, 3.05) is 17.2 Å². The second kappa shape index (κ2) is 4.77. The Hall–Kier alpha value is -0.890. The van der Waals surface area contributed by atoms with Gasteiger partial charge in [-0.1, -0.05) is 18.5 Å². The molecule has 2 nitrogen and oxygen atoms in total. The molecule has 0 amide bonds. The molecule has 94 valence electrons. The van der Waals surface area contributed by atoms with Gasteiger partial charge in [-0.3, -0.25) is 0 Å². The van der Waals surface area contributed by atoms with Crippen molar-refractivity contribution >= 4 is 23.0 Å². The summed E-state index contributed by atoms with van der Waals surface area (Å²) in [5.41, 5.74) is 8.95. The van der Waals surface area contributed by atoms with E-state index in [0.29, 0.717) is 16.8 Å². The van der Waals surface area contributed by atoms with E-state index in [2.05, 4.69) is 25.7 Å². The van der Waals surface area contributed by atoms with Crippen LogP contribution in [-0.4, -0.2) is 12.6 Å². The zero-order valence-electron chi connectivity index (χ0n) is 10.8. The average molecular weight is 253 g/mol. The zero-order chi connectivity index (χ0) is 12.6. The van der Waals surface area contributed by atoms with Crippen LogP contribution in [0.15, 0.2) is 12.1 Å². The van der Waals surface area contributed by atoms with E-state index in [-0.39, 0.29) is 0 Å². The van der Waals surface area contributed by atoms with Gasteiger partial charge in [0.2, 0.25) is 0 Å². The number of piperidine rings is 1. The molecule has 1 aromatic rings. The molecular weight excluding hydrogens is 232 g/mol. The Morgan fingerprint density at radius 3 is 2.71 bits per heavy atom. The Bertz CT molecular complexity index is 417. The topological polar surface area (TPSA) is 29.3 Å². The first-order valence-corrected chi connectivity index (χ1v) is 6.69. The number of nitrogens with zero attached hydrogens (tertiary/aromatic N) is 1. The highest BCUT2D eigenvalue weighted by Gasteiger charge is 2.24. The first-order valence-electron chi connectivity index (χ1n) is 6.31. The van der Waals surface area contributed by atoms with Crippen LogP contribution >= 0.6 is 11.6 Å². The molecule has 1 aliphatic heterocycles. The highest BCUT2D eigenvalue weighted by molar-refractivity contribution is 6.33. The molecule has 2 rings (SSSR count). The predicted octanol–water partition coefficient (Wildman–Crippen LogP) is 3.86. The Morgan fingerprint density at radius 1 is 1.35 bits per heavy atom. The summed E-state index contributed by atoms with van der Waals surface area (Å²) in [7, 11) is 0. The molecule has 0 radical (unpaired) electrons. The van der Waals surface area contributed by atoms with Gasteiger partial charge < -0.3 is 10.6 Å². The molecule has 0 bridgehead atoms. The number of anilines is 2. The van der Waals surface area contributed by atoms with Crippen LogP contribution in [-0.2, 0) is 0 Å². The van der Waals surface area contributed by atoms with E-state index < -0.39 is 0 Å². The van der Waals surface area contributed by atoms with Crippen molar-refractivity contribution in [2.45, 2.75) is 39.7 Å². The maximum Gasteiger partial charge on any atom is 0.0656 e. The third-order valence-electron chi connectivity index (χ3n) is 3.76. The lowest BCUT2D eigenvalue weighted by Gasteiger charge is -2.39. The molecule has 0 aromatic heterocycles. The summed E-state index contributed by atoms with van der Waals surface area (Å²) in [5, 5.41) is 0.663. The Kier molecular flexibility index (Phi) is 3.53. The Morgan fingerprint density at radius 2 is 2.06 bits per heavy atom. The van der Waals surface area contributed by atoms with Crippen LogP contribution in [0.3, 0.4) is 0 Å². The van der Waals surface area contributed by atoms with E-state index in [1.54, 1.807) is 0 Å². The van der Waals surface area contributed by atoms with Crippen LogP contribution in [0, 0.1) is 12.8 Å². The Labute approximate surface area is 109 Å². The van der Waals surface area contributed by atoms with Crippen molar-refractivity contribution in [1.82, 2.24) is 0 Å². The number of nitrogen functional groups attached to an aromatic ring is 1. The lowest BCUT2D eigenvalue weighted by molar-refractivity contribution is 0.377. The maximum atomic E-state index is 6.13. The lowest BCUT2D eigenvalue weighted by atomic mass is 9.92. The number of aryl methyl sites for hydroxylation is 1. The molecule has 0 aliphatic carbocycles. The van der Waals surface area contributed by atoms with Crippen molar-refractivity contribution in [2.24, 2.45) is 5.92 Å². The van der Waals surface area contributed by atoms with Crippen LogP contribution in [0.1, 0.15) is 32.3 Å². The molecule has 0 spiro atoms. The zero-order valence-corrected chi connectivity index (χ0v) is 11.6. The minimum absolute atomic E-state index is 0.581. The van der Waals surface area contributed by atoms with E-state index in [1.165, 1.54) is 24.1 Å². The van der Waals surface area contributed by atoms with Gasteiger partial charge in [0.1, 0.15) is 0 Å². The summed E-state index contributed by atoms with van der Waals surface area (Å²) in [6, 6.07) is 4.57. The first-order chi connectivity index (χ1) is 7.99. The van der Waals surface area contributed by atoms with E-state index in [1.807, 2.05) is 12.1 Å². The molecule has 1 heterocycles. The van der Waals surface area contributed by atoms with E-state index >= 15 is 0 Å². The molecule has 2 N–H and O–H groups in total. The quantitative estimate of drug-likeness (QED) is 0.770. The summed E-state index contributed by atoms with van der Waals surface area (Å²) in [6.07, 6.45) is 2.51. The van der Waals surface area contributed by atoms with E-state index in [9.17, 15) is 0 Å². The monoisotopic (exact) mass is 252 g/mol. The van der Waals surface area contributed by atoms with Gasteiger partial charge in [0, 0.05) is 18.3 Å². The van der Waals surface area contributed by atoms with Crippen molar-refractivity contribution in [1.29, 1.82) is 0 Å². The number of rotatable bonds is 1. The second-order valence-corrected chi connectivity index (χ2v) is 5.74. The standard InChI is InChI=1S/C14H21ClN2/c1-9-4-5-17(11(3)6-9)14-8-12(15)13(16)7-10(14)2/h7-9,11H,4-6,16H2,1-3H3. The van der Waals surface area contributed by atoms with Crippen LogP contribution in [0.25, 0.3) is 0 Å². The molecule has 3 heteroatoms. The van der Waals surface area contributed by atoms with Gasteiger partial charge in [0.15, 0.2) is 0 Å². The van der Waals surface area contributed by atoms with Crippen molar-refractivity contribution in [3.8, 4) is 0 Å². The van der Waals surface area contributed by atoms with Gasteiger partial charge in [-0.15, -0.1) is 0 Å². The van der Waals surface area contributed by atoms with Gasteiger partial charge in [-0.2, -0.15) is 0 Å². The summed E-state index contributed by atoms with van der Waals surface area (Å²) in [5.74, 6) is 0.825. The average Bonchev–Trinajstić information content (AvgIpc) is 2.24. The molecule has 1 fully saturated rings. The van der Waals surface area contributed by atoms with Crippen LogP contribution < -0.4 is 10.6 Å². The van der Waals surface area contributed by atoms with Crippen LogP contribution in [0.4, 0.5) is 11.4 Å². The molecule has 17 heavy (non-hydrogen) atoms. The van der Waals surface area contributed by atoms with Gasteiger partial charge in [0.05, 0.1) is 10.7 Å². The number of hydrogen-bond donors (Lipinski definition) is 1. The van der Waals surface area contributed by atoms with Crippen molar-refractivity contribution in [3.05, 3.63) is 22.7 Å². The molecule has 2 unspecified atom stereocenters. The maximum absolute atomic E-state index is 6.13. The lowest BCUT2D eigenvalue weighted by Crippen LogP contribution is -2.40. The summed E-state index contributed by atoms with van der Waals surface area (Å²) in [4.78, 5) is 2.46. The van der Waals surface area contributed by atoms with E-state index in [4.69, 9.17) is 17.3 Å². The summed E-state index contributed by atoms with van der Waals surface area (Å²) >= 11 is 6.13. The van der Waals surface area contributed by atoms with Gasteiger partial charge >= 0.3 is 0 Å². The normalized spacial score (nSPS) is 25.1. The highest BCUT2D eigenvalue weighted by atomic mass is 35.5. The van der Waals surface area contributed by atoms with Crippen LogP contribution in [0.2, 0.25) is 5.02 Å². The molecular formula is C14H21ClN2. The fourth-order valence-corrected chi connectivity index (χ4v) is 2.93. The van der Waals surface area contributed by atoms with Gasteiger partial charge in [0.25, 0.3) is 0 Å². The molecule has 1 aromatic carbocycles. The molecule has 2 atom stereocenters. The fraction of sp³-hybridized carbons (Fsp3) is 0.571. The molecule has 0 saturated carbocycles. The number of benzene rings is 1. The highest BCUT2D eigenvalue weighted by Crippen LogP contribution is 2.34. The number of hydrogen-bond acceptors (Lipinski definition) is 2. The third kappa shape index (κ3) is 2.52.